The molecule has 2 rings (SSSR count). The third-order valence-electron chi connectivity index (χ3n) is 3.70. The van der Waals surface area contributed by atoms with Gasteiger partial charge in [-0.1, -0.05) is 0 Å². The van der Waals surface area contributed by atoms with Crippen molar-refractivity contribution < 1.29 is 23.1 Å². The van der Waals surface area contributed by atoms with Gasteiger partial charge in [-0.3, -0.25) is 9.48 Å². The molecule has 21 heavy (non-hydrogen) atoms. The maximum Gasteiger partial charge on any atom is 0.433 e. The van der Waals surface area contributed by atoms with E-state index < -0.39 is 23.3 Å². The van der Waals surface area contributed by atoms with Crippen LogP contribution in [0.1, 0.15) is 35.8 Å². The van der Waals surface area contributed by atoms with Crippen molar-refractivity contribution in [2.45, 2.75) is 32.5 Å². The third-order valence-corrected chi connectivity index (χ3v) is 3.70. The normalized spacial score (nSPS) is 19.9. The first-order valence-electron chi connectivity index (χ1n) is 6.91. The number of hydrogen-bond donors (Lipinski definition) is 1. The number of piperidine rings is 1. The zero-order valence-electron chi connectivity index (χ0n) is 11.7. The standard InChI is InChI=1S/C13H18F3N3O2/c1-2-19-11(13(14,15)16)10(6-17-19)12(21)18-5-3-4-9(7-18)8-20/h6,9,20H,2-5,7-8H2,1H3. The molecule has 0 aromatic carbocycles. The Labute approximate surface area is 120 Å². The highest BCUT2D eigenvalue weighted by Gasteiger charge is 2.41. The summed E-state index contributed by atoms with van der Waals surface area (Å²) >= 11 is 0. The fraction of sp³-hybridized carbons (Fsp3) is 0.692. The minimum absolute atomic E-state index is 0.0430. The number of hydrogen-bond acceptors (Lipinski definition) is 3. The highest BCUT2D eigenvalue weighted by Crippen LogP contribution is 2.33. The van der Waals surface area contributed by atoms with E-state index in [2.05, 4.69) is 5.10 Å². The lowest BCUT2D eigenvalue weighted by atomic mass is 9.98. The molecule has 1 aliphatic rings. The lowest BCUT2D eigenvalue weighted by Gasteiger charge is -2.31. The monoisotopic (exact) mass is 305 g/mol. The summed E-state index contributed by atoms with van der Waals surface area (Å²) in [6.45, 7) is 2.21. The molecule has 1 N–H and O–H groups in total. The Bertz CT molecular complexity index is 513. The van der Waals surface area contributed by atoms with Gasteiger partial charge in [-0.2, -0.15) is 18.3 Å². The molecule has 8 heteroatoms. The summed E-state index contributed by atoms with van der Waals surface area (Å²) in [5.41, 5.74) is -1.41. The molecule has 0 saturated carbocycles. The first-order chi connectivity index (χ1) is 9.88. The fourth-order valence-electron chi connectivity index (χ4n) is 2.65. The van der Waals surface area contributed by atoms with Gasteiger partial charge in [-0.05, 0) is 25.7 Å². The number of aliphatic hydroxyl groups is 1. The van der Waals surface area contributed by atoms with E-state index in [1.54, 1.807) is 6.92 Å². The van der Waals surface area contributed by atoms with Crippen LogP contribution in [-0.2, 0) is 12.7 Å². The molecule has 5 nitrogen and oxygen atoms in total. The van der Waals surface area contributed by atoms with Crippen LogP contribution >= 0.6 is 0 Å². The largest absolute Gasteiger partial charge is 0.433 e. The molecule has 0 aliphatic carbocycles. The Hall–Kier alpha value is -1.57. The molecule has 1 atom stereocenters. The number of carbonyl (C=O) groups is 1. The molecule has 0 radical (unpaired) electrons. The lowest BCUT2D eigenvalue weighted by Crippen LogP contribution is -2.41. The van der Waals surface area contributed by atoms with Crippen LogP contribution in [0, 0.1) is 5.92 Å². The number of halogens is 3. The topological polar surface area (TPSA) is 58.4 Å². The maximum atomic E-state index is 13.1. The smallest absolute Gasteiger partial charge is 0.396 e. The predicted molar refractivity (Wildman–Crippen MR) is 68.6 cm³/mol. The van der Waals surface area contributed by atoms with Gasteiger partial charge in [0.2, 0.25) is 0 Å². The van der Waals surface area contributed by atoms with Crippen LogP contribution < -0.4 is 0 Å². The van der Waals surface area contributed by atoms with E-state index in [-0.39, 0.29) is 25.6 Å². The molecular weight excluding hydrogens is 287 g/mol. The van der Waals surface area contributed by atoms with E-state index in [1.807, 2.05) is 0 Å². The Balaban J connectivity index is 2.29. The second-order valence-corrected chi connectivity index (χ2v) is 5.16. The van der Waals surface area contributed by atoms with Crippen LogP contribution in [0.3, 0.4) is 0 Å². The molecule has 1 amide bonds. The molecule has 1 saturated heterocycles. The summed E-state index contributed by atoms with van der Waals surface area (Å²) in [7, 11) is 0. The minimum atomic E-state index is -4.62. The zero-order chi connectivity index (χ0) is 15.6. The molecule has 1 aliphatic heterocycles. The number of likely N-dealkylation sites (tertiary alicyclic amines) is 1. The van der Waals surface area contributed by atoms with Gasteiger partial charge in [0.25, 0.3) is 5.91 Å². The number of amides is 1. The van der Waals surface area contributed by atoms with E-state index in [9.17, 15) is 18.0 Å². The van der Waals surface area contributed by atoms with E-state index in [4.69, 9.17) is 5.11 Å². The van der Waals surface area contributed by atoms with Gasteiger partial charge in [-0.25, -0.2) is 0 Å². The van der Waals surface area contributed by atoms with Gasteiger partial charge in [0.05, 0.1) is 11.8 Å². The number of aryl methyl sites for hydroxylation is 1. The summed E-state index contributed by atoms with van der Waals surface area (Å²) < 4.78 is 40.2. The van der Waals surface area contributed by atoms with E-state index in [0.717, 1.165) is 17.3 Å². The Morgan fingerprint density at radius 2 is 2.24 bits per heavy atom. The first-order valence-corrected chi connectivity index (χ1v) is 6.91. The van der Waals surface area contributed by atoms with Crippen LogP contribution in [-0.4, -0.2) is 45.4 Å². The van der Waals surface area contributed by atoms with Gasteiger partial charge in [0.1, 0.15) is 0 Å². The van der Waals surface area contributed by atoms with Crippen LogP contribution in [0.4, 0.5) is 13.2 Å². The Morgan fingerprint density at radius 3 is 2.81 bits per heavy atom. The number of nitrogens with zero attached hydrogens (tertiary/aromatic N) is 3. The van der Waals surface area contributed by atoms with Crippen molar-refractivity contribution in [2.75, 3.05) is 19.7 Å². The fourth-order valence-corrected chi connectivity index (χ4v) is 2.65. The van der Waals surface area contributed by atoms with E-state index in [0.29, 0.717) is 13.0 Å². The molecule has 0 bridgehead atoms. The molecule has 0 spiro atoms. The number of carbonyl (C=O) groups excluding carboxylic acids is 1. The van der Waals surface area contributed by atoms with Crippen molar-refractivity contribution in [3.8, 4) is 0 Å². The summed E-state index contributed by atoms with van der Waals surface area (Å²) in [6, 6.07) is 0. The van der Waals surface area contributed by atoms with Gasteiger partial charge in [-0.15, -0.1) is 0 Å². The minimum Gasteiger partial charge on any atom is -0.396 e. The van der Waals surface area contributed by atoms with Crippen LogP contribution in [0.15, 0.2) is 6.20 Å². The van der Waals surface area contributed by atoms with Crippen molar-refractivity contribution in [3.63, 3.8) is 0 Å². The Morgan fingerprint density at radius 1 is 1.52 bits per heavy atom. The van der Waals surface area contributed by atoms with E-state index >= 15 is 0 Å². The summed E-state index contributed by atoms with van der Waals surface area (Å²) in [6.07, 6.45) is -2.18. The number of alkyl halides is 3. The van der Waals surface area contributed by atoms with Crippen molar-refractivity contribution in [1.82, 2.24) is 14.7 Å². The zero-order valence-corrected chi connectivity index (χ0v) is 11.7. The van der Waals surface area contributed by atoms with Crippen molar-refractivity contribution in [2.24, 2.45) is 5.92 Å². The molecule has 1 aromatic rings. The highest BCUT2D eigenvalue weighted by atomic mass is 19.4. The molecule has 1 aromatic heterocycles. The lowest BCUT2D eigenvalue weighted by molar-refractivity contribution is -0.144. The summed E-state index contributed by atoms with van der Waals surface area (Å²) in [5.74, 6) is -0.738. The van der Waals surface area contributed by atoms with Crippen molar-refractivity contribution >= 4 is 5.91 Å². The summed E-state index contributed by atoms with van der Waals surface area (Å²) in [4.78, 5) is 13.7. The van der Waals surface area contributed by atoms with Crippen molar-refractivity contribution in [1.29, 1.82) is 0 Å². The maximum absolute atomic E-state index is 13.1. The quantitative estimate of drug-likeness (QED) is 0.926. The first kappa shape index (κ1) is 15.8. The predicted octanol–water partition coefficient (Wildman–Crippen LogP) is 1.77. The molecular formula is C13H18F3N3O2. The Kier molecular flexibility index (Phi) is 4.55. The van der Waals surface area contributed by atoms with Crippen molar-refractivity contribution in [3.05, 3.63) is 17.5 Å². The van der Waals surface area contributed by atoms with Crippen LogP contribution in [0.25, 0.3) is 0 Å². The van der Waals surface area contributed by atoms with Gasteiger partial charge < -0.3 is 10.0 Å². The van der Waals surface area contributed by atoms with Crippen LogP contribution in [0.2, 0.25) is 0 Å². The highest BCUT2D eigenvalue weighted by molar-refractivity contribution is 5.95. The third kappa shape index (κ3) is 3.20. The number of aromatic nitrogens is 2. The molecule has 2 heterocycles. The second kappa shape index (κ2) is 6.05. The molecule has 118 valence electrons. The molecule has 1 fully saturated rings. The number of aliphatic hydroxyl groups excluding tert-OH is 1. The van der Waals surface area contributed by atoms with Gasteiger partial charge in [0, 0.05) is 26.2 Å². The number of rotatable bonds is 3. The van der Waals surface area contributed by atoms with Gasteiger partial charge >= 0.3 is 6.18 Å². The second-order valence-electron chi connectivity index (χ2n) is 5.16. The SMILES string of the molecule is CCn1ncc(C(=O)N2CCCC(CO)C2)c1C(F)(F)F. The van der Waals surface area contributed by atoms with Gasteiger partial charge in [0.15, 0.2) is 5.69 Å². The summed E-state index contributed by atoms with van der Waals surface area (Å²) in [5, 5.41) is 12.8. The van der Waals surface area contributed by atoms with E-state index in [1.165, 1.54) is 4.90 Å². The average Bonchev–Trinajstić information content (AvgIpc) is 2.90. The average molecular weight is 305 g/mol. The van der Waals surface area contributed by atoms with Crippen LogP contribution in [0.5, 0.6) is 0 Å². The molecule has 1 unspecified atom stereocenters.